The van der Waals surface area contributed by atoms with Crippen molar-refractivity contribution in [2.45, 2.75) is 25.8 Å². The van der Waals surface area contributed by atoms with E-state index >= 15 is 0 Å². The molecule has 1 rings (SSSR count). The highest BCUT2D eigenvalue weighted by atomic mass is 16.2. The molecule has 0 aromatic carbocycles. The number of rotatable bonds is 0. The Bertz CT molecular complexity index is 119. The number of nitrogens with zero attached hydrogens (tertiary/aromatic N) is 2. The van der Waals surface area contributed by atoms with Crippen molar-refractivity contribution >= 4 is 0 Å². The SMILES string of the molecule is CC1CCCN1C#N.CO. The van der Waals surface area contributed by atoms with Gasteiger partial charge in [0.2, 0.25) is 0 Å². The molecule has 0 saturated carbocycles. The van der Waals surface area contributed by atoms with Crippen LogP contribution in [0.2, 0.25) is 0 Å². The number of hydrogen-bond donors (Lipinski definition) is 1. The Kier molecular flexibility index (Phi) is 4.69. The minimum atomic E-state index is 0.500. The molecule has 1 aliphatic heterocycles. The Morgan fingerprint density at radius 1 is 1.60 bits per heavy atom. The molecule has 1 heterocycles. The normalized spacial score (nSPS) is 23.0. The van der Waals surface area contributed by atoms with Crippen molar-refractivity contribution in [1.29, 1.82) is 5.26 Å². The van der Waals surface area contributed by atoms with Crippen LogP contribution in [0, 0.1) is 11.5 Å². The van der Waals surface area contributed by atoms with Crippen LogP contribution in [0.4, 0.5) is 0 Å². The first-order valence-corrected chi connectivity index (χ1v) is 3.45. The van der Waals surface area contributed by atoms with Crippen molar-refractivity contribution in [2.75, 3.05) is 13.7 Å². The molecule has 0 aromatic rings. The van der Waals surface area contributed by atoms with Crippen LogP contribution in [-0.4, -0.2) is 29.7 Å². The highest BCUT2D eigenvalue weighted by Gasteiger charge is 2.17. The number of nitriles is 1. The average molecular weight is 142 g/mol. The van der Waals surface area contributed by atoms with Gasteiger partial charge >= 0.3 is 0 Å². The van der Waals surface area contributed by atoms with E-state index in [9.17, 15) is 0 Å². The molecule has 0 amide bonds. The molecule has 58 valence electrons. The highest BCUT2D eigenvalue weighted by molar-refractivity contribution is 4.84. The summed E-state index contributed by atoms with van der Waals surface area (Å²) in [6, 6.07) is 0.500. The first kappa shape index (κ1) is 9.25. The lowest BCUT2D eigenvalue weighted by Gasteiger charge is -2.10. The highest BCUT2D eigenvalue weighted by Crippen LogP contribution is 2.13. The maximum absolute atomic E-state index is 8.41. The van der Waals surface area contributed by atoms with Gasteiger partial charge in [-0.15, -0.1) is 0 Å². The lowest BCUT2D eigenvalue weighted by atomic mass is 10.2. The van der Waals surface area contributed by atoms with Gasteiger partial charge in [0, 0.05) is 19.7 Å². The van der Waals surface area contributed by atoms with E-state index in [4.69, 9.17) is 10.4 Å². The van der Waals surface area contributed by atoms with Gasteiger partial charge in [-0.2, -0.15) is 5.26 Å². The molecule has 0 aromatic heterocycles. The van der Waals surface area contributed by atoms with Gasteiger partial charge in [0.25, 0.3) is 0 Å². The smallest absolute Gasteiger partial charge is 0.179 e. The predicted octanol–water partition coefficient (Wildman–Crippen LogP) is 0.560. The van der Waals surface area contributed by atoms with Gasteiger partial charge in [-0.3, -0.25) is 0 Å². The molecule has 1 saturated heterocycles. The fraction of sp³-hybridized carbons (Fsp3) is 0.857. The fourth-order valence-corrected chi connectivity index (χ4v) is 1.08. The number of likely N-dealkylation sites (tertiary alicyclic amines) is 1. The van der Waals surface area contributed by atoms with Gasteiger partial charge in [0.1, 0.15) is 0 Å². The largest absolute Gasteiger partial charge is 0.400 e. The Hall–Kier alpha value is -0.750. The van der Waals surface area contributed by atoms with E-state index in [0.29, 0.717) is 6.04 Å². The van der Waals surface area contributed by atoms with E-state index in [0.717, 1.165) is 13.7 Å². The van der Waals surface area contributed by atoms with Crippen LogP contribution < -0.4 is 0 Å². The fourth-order valence-electron chi connectivity index (χ4n) is 1.08. The van der Waals surface area contributed by atoms with E-state index in [1.807, 2.05) is 4.90 Å². The molecule has 3 nitrogen and oxygen atoms in total. The van der Waals surface area contributed by atoms with Crippen molar-refractivity contribution in [3.8, 4) is 6.19 Å². The maximum Gasteiger partial charge on any atom is 0.179 e. The monoisotopic (exact) mass is 142 g/mol. The molecule has 0 spiro atoms. The van der Waals surface area contributed by atoms with Crippen LogP contribution >= 0.6 is 0 Å². The van der Waals surface area contributed by atoms with Crippen molar-refractivity contribution < 1.29 is 5.11 Å². The standard InChI is InChI=1S/C6H10N2.CH4O/c1-6-3-2-4-8(6)5-7;1-2/h6H,2-4H2,1H3;2H,1H3. The van der Waals surface area contributed by atoms with Crippen LogP contribution in [0.15, 0.2) is 0 Å². The molecule has 1 fully saturated rings. The summed E-state index contributed by atoms with van der Waals surface area (Å²) >= 11 is 0. The van der Waals surface area contributed by atoms with Crippen molar-refractivity contribution in [1.82, 2.24) is 4.90 Å². The Morgan fingerprint density at radius 3 is 2.40 bits per heavy atom. The van der Waals surface area contributed by atoms with Crippen molar-refractivity contribution in [2.24, 2.45) is 0 Å². The third kappa shape index (κ3) is 2.24. The summed E-state index contributed by atoms with van der Waals surface area (Å²) in [5, 5.41) is 15.4. The van der Waals surface area contributed by atoms with Crippen LogP contribution in [0.1, 0.15) is 19.8 Å². The van der Waals surface area contributed by atoms with E-state index in [1.54, 1.807) is 0 Å². The van der Waals surface area contributed by atoms with E-state index in [2.05, 4.69) is 13.1 Å². The lowest BCUT2D eigenvalue weighted by molar-refractivity contribution is 0.388. The average Bonchev–Trinajstić information content (AvgIpc) is 2.39. The zero-order valence-corrected chi connectivity index (χ0v) is 6.54. The van der Waals surface area contributed by atoms with Gasteiger partial charge in [-0.1, -0.05) is 0 Å². The van der Waals surface area contributed by atoms with Crippen molar-refractivity contribution in [3.63, 3.8) is 0 Å². The summed E-state index contributed by atoms with van der Waals surface area (Å²) in [5.74, 6) is 0. The minimum Gasteiger partial charge on any atom is -0.400 e. The number of aliphatic hydroxyl groups excluding tert-OH is 1. The van der Waals surface area contributed by atoms with Gasteiger partial charge in [0.05, 0.1) is 0 Å². The van der Waals surface area contributed by atoms with Crippen molar-refractivity contribution in [3.05, 3.63) is 0 Å². The van der Waals surface area contributed by atoms with Gasteiger partial charge in [0.15, 0.2) is 6.19 Å². The van der Waals surface area contributed by atoms with E-state index < -0.39 is 0 Å². The van der Waals surface area contributed by atoms with E-state index in [-0.39, 0.29) is 0 Å². The minimum absolute atomic E-state index is 0.500. The summed E-state index contributed by atoms with van der Waals surface area (Å²) in [7, 11) is 1.00. The molecule has 0 radical (unpaired) electrons. The van der Waals surface area contributed by atoms with E-state index in [1.165, 1.54) is 12.8 Å². The summed E-state index contributed by atoms with van der Waals surface area (Å²) in [5.41, 5.74) is 0. The molecule has 0 aliphatic carbocycles. The molecule has 10 heavy (non-hydrogen) atoms. The zero-order chi connectivity index (χ0) is 7.98. The molecule has 0 bridgehead atoms. The van der Waals surface area contributed by atoms with Gasteiger partial charge in [-0.05, 0) is 19.8 Å². The molecule has 1 unspecified atom stereocenters. The van der Waals surface area contributed by atoms with Crippen LogP contribution in [0.3, 0.4) is 0 Å². The molecular weight excluding hydrogens is 128 g/mol. The molecule has 1 atom stereocenters. The summed E-state index contributed by atoms with van der Waals surface area (Å²) in [6.07, 6.45) is 4.52. The first-order valence-electron chi connectivity index (χ1n) is 3.45. The summed E-state index contributed by atoms with van der Waals surface area (Å²) in [6.45, 7) is 3.06. The van der Waals surface area contributed by atoms with Crippen LogP contribution in [-0.2, 0) is 0 Å². The molecule has 3 heteroatoms. The Labute approximate surface area is 61.9 Å². The Balaban J connectivity index is 0.000000371. The Morgan fingerprint density at radius 2 is 2.20 bits per heavy atom. The lowest BCUT2D eigenvalue weighted by Crippen LogP contribution is -2.20. The second-order valence-electron chi connectivity index (χ2n) is 2.28. The summed E-state index contributed by atoms with van der Waals surface area (Å²) < 4.78 is 0. The molecular formula is C7H14N2O. The number of aliphatic hydroxyl groups is 1. The second-order valence-corrected chi connectivity index (χ2v) is 2.28. The maximum atomic E-state index is 8.41. The van der Waals surface area contributed by atoms with Crippen LogP contribution in [0.25, 0.3) is 0 Å². The van der Waals surface area contributed by atoms with Gasteiger partial charge < -0.3 is 10.0 Å². The predicted molar refractivity (Wildman–Crippen MR) is 39.2 cm³/mol. The third-order valence-corrected chi connectivity index (χ3v) is 1.68. The molecule has 1 N–H and O–H groups in total. The molecule has 1 aliphatic rings. The number of hydrogen-bond acceptors (Lipinski definition) is 3. The summed E-state index contributed by atoms with van der Waals surface area (Å²) in [4.78, 5) is 1.83. The second kappa shape index (κ2) is 5.07. The zero-order valence-electron chi connectivity index (χ0n) is 6.54. The van der Waals surface area contributed by atoms with Gasteiger partial charge in [-0.25, -0.2) is 0 Å². The third-order valence-electron chi connectivity index (χ3n) is 1.68. The van der Waals surface area contributed by atoms with Crippen LogP contribution in [0.5, 0.6) is 0 Å². The quantitative estimate of drug-likeness (QED) is 0.503. The first-order chi connectivity index (χ1) is 4.84. The topological polar surface area (TPSA) is 47.3 Å².